The van der Waals surface area contributed by atoms with Gasteiger partial charge < -0.3 is 5.32 Å². The van der Waals surface area contributed by atoms with E-state index in [4.69, 9.17) is 4.98 Å². The predicted molar refractivity (Wildman–Crippen MR) is 86.5 cm³/mol. The van der Waals surface area contributed by atoms with Crippen molar-refractivity contribution >= 4 is 21.2 Å². The number of nitrogens with zero attached hydrogens (tertiary/aromatic N) is 1. The Kier molecular flexibility index (Phi) is 3.70. The Morgan fingerprint density at radius 3 is 2.38 bits per heavy atom. The van der Waals surface area contributed by atoms with Crippen molar-refractivity contribution in [2.45, 2.75) is 63.5 Å². The van der Waals surface area contributed by atoms with Crippen LogP contribution in [0.3, 0.4) is 0 Å². The molecule has 0 aromatic carbocycles. The van der Waals surface area contributed by atoms with Crippen LogP contribution in [-0.4, -0.2) is 30.9 Å². The molecule has 0 radical (unpaired) electrons. The third-order valence-electron chi connectivity index (χ3n) is 4.42. The van der Waals surface area contributed by atoms with Crippen LogP contribution in [0.1, 0.15) is 57.2 Å². The van der Waals surface area contributed by atoms with Crippen molar-refractivity contribution in [2.24, 2.45) is 0 Å². The molecule has 1 aliphatic carbocycles. The highest BCUT2D eigenvalue weighted by molar-refractivity contribution is 7.91. The molecule has 118 valence electrons. The molecule has 0 atom stereocenters. The van der Waals surface area contributed by atoms with Crippen molar-refractivity contribution < 1.29 is 8.42 Å². The highest BCUT2D eigenvalue weighted by atomic mass is 32.2. The first kappa shape index (κ1) is 15.4. The molecular weight excluding hydrogens is 304 g/mol. The van der Waals surface area contributed by atoms with Gasteiger partial charge in [-0.25, -0.2) is 13.4 Å². The first-order valence-electron chi connectivity index (χ1n) is 7.65. The molecule has 2 fully saturated rings. The summed E-state index contributed by atoms with van der Waals surface area (Å²) in [7, 11) is -2.86. The standard InChI is InChI=1S/C15H24N2O2S2/c1-14(2,3)12-10-20-13(16-12)15(17-11-4-5-11)6-8-21(18,19)9-7-15/h10-11,17H,4-9H2,1-3H3. The van der Waals surface area contributed by atoms with E-state index < -0.39 is 9.84 Å². The molecule has 4 nitrogen and oxygen atoms in total. The van der Waals surface area contributed by atoms with E-state index in [0.29, 0.717) is 18.9 Å². The second kappa shape index (κ2) is 5.03. The second-order valence-electron chi connectivity index (χ2n) is 7.44. The third-order valence-corrected chi connectivity index (χ3v) is 7.12. The van der Waals surface area contributed by atoms with Crippen molar-refractivity contribution in [2.75, 3.05) is 11.5 Å². The SMILES string of the molecule is CC(C)(C)c1csc(C2(NC3CC3)CCS(=O)(=O)CC2)n1. The largest absolute Gasteiger partial charge is 0.303 e. The van der Waals surface area contributed by atoms with Crippen molar-refractivity contribution in [3.05, 3.63) is 16.1 Å². The van der Waals surface area contributed by atoms with Crippen molar-refractivity contribution in [3.63, 3.8) is 0 Å². The fourth-order valence-corrected chi connectivity index (χ4v) is 5.56. The van der Waals surface area contributed by atoms with E-state index in [-0.39, 0.29) is 22.5 Å². The fourth-order valence-electron chi connectivity index (χ4n) is 2.76. The van der Waals surface area contributed by atoms with Crippen LogP contribution in [0, 0.1) is 0 Å². The summed E-state index contributed by atoms with van der Waals surface area (Å²) in [5, 5.41) is 6.92. The van der Waals surface area contributed by atoms with Gasteiger partial charge in [-0.15, -0.1) is 11.3 Å². The van der Waals surface area contributed by atoms with Crippen molar-refractivity contribution in [3.8, 4) is 0 Å². The van der Waals surface area contributed by atoms with Crippen LogP contribution >= 0.6 is 11.3 Å². The molecule has 0 bridgehead atoms. The van der Waals surface area contributed by atoms with E-state index in [1.165, 1.54) is 12.8 Å². The molecule has 1 saturated heterocycles. The Bertz CT molecular complexity index is 610. The van der Waals surface area contributed by atoms with Crippen molar-refractivity contribution in [1.82, 2.24) is 10.3 Å². The fraction of sp³-hybridized carbons (Fsp3) is 0.800. The van der Waals surface area contributed by atoms with Crippen LogP contribution in [-0.2, 0) is 20.8 Å². The summed E-state index contributed by atoms with van der Waals surface area (Å²) in [5.74, 6) is 0.550. The Morgan fingerprint density at radius 1 is 1.29 bits per heavy atom. The van der Waals surface area contributed by atoms with E-state index >= 15 is 0 Å². The summed E-state index contributed by atoms with van der Waals surface area (Å²) >= 11 is 1.68. The number of thiazole rings is 1. The van der Waals surface area contributed by atoms with Gasteiger partial charge in [0.05, 0.1) is 22.7 Å². The zero-order valence-electron chi connectivity index (χ0n) is 13.0. The Labute approximate surface area is 131 Å². The molecule has 1 aliphatic heterocycles. The first-order valence-corrected chi connectivity index (χ1v) is 10.3. The zero-order chi connectivity index (χ0) is 15.3. The van der Waals surface area contributed by atoms with Crippen LogP contribution in [0.2, 0.25) is 0 Å². The van der Waals surface area contributed by atoms with E-state index in [0.717, 1.165) is 10.7 Å². The van der Waals surface area contributed by atoms with Gasteiger partial charge in [0.15, 0.2) is 0 Å². The highest BCUT2D eigenvalue weighted by Gasteiger charge is 2.44. The summed E-state index contributed by atoms with van der Waals surface area (Å²) in [6.45, 7) is 6.49. The maximum atomic E-state index is 11.8. The number of hydrogen-bond donors (Lipinski definition) is 1. The Hall–Kier alpha value is -0.460. The van der Waals surface area contributed by atoms with Crippen molar-refractivity contribution in [1.29, 1.82) is 0 Å². The average Bonchev–Trinajstić information content (AvgIpc) is 3.03. The number of nitrogens with one attached hydrogen (secondary N) is 1. The summed E-state index contributed by atoms with van der Waals surface area (Å²) in [6.07, 6.45) is 3.71. The lowest BCUT2D eigenvalue weighted by molar-refractivity contribution is 0.294. The molecule has 1 aromatic rings. The molecule has 1 aromatic heterocycles. The van der Waals surface area contributed by atoms with Crippen LogP contribution in [0.25, 0.3) is 0 Å². The van der Waals surface area contributed by atoms with Gasteiger partial charge in [0, 0.05) is 16.8 Å². The minimum Gasteiger partial charge on any atom is -0.303 e. The van der Waals surface area contributed by atoms with Gasteiger partial charge in [0.2, 0.25) is 0 Å². The van der Waals surface area contributed by atoms with Crippen LogP contribution < -0.4 is 5.32 Å². The maximum Gasteiger partial charge on any atom is 0.150 e. The van der Waals surface area contributed by atoms with Crippen LogP contribution in [0.4, 0.5) is 0 Å². The summed E-state index contributed by atoms with van der Waals surface area (Å²) in [6, 6.07) is 0.549. The lowest BCUT2D eigenvalue weighted by Crippen LogP contribution is -2.49. The molecule has 3 rings (SSSR count). The number of aromatic nitrogens is 1. The summed E-state index contributed by atoms with van der Waals surface area (Å²) in [5.41, 5.74) is 0.921. The monoisotopic (exact) mass is 328 g/mol. The minimum atomic E-state index is -2.86. The topological polar surface area (TPSA) is 59.1 Å². The van der Waals surface area contributed by atoms with Gasteiger partial charge >= 0.3 is 0 Å². The molecule has 21 heavy (non-hydrogen) atoms. The molecule has 2 aliphatic rings. The van der Waals surface area contributed by atoms with E-state index in [9.17, 15) is 8.42 Å². The highest BCUT2D eigenvalue weighted by Crippen LogP contribution is 2.40. The average molecular weight is 329 g/mol. The predicted octanol–water partition coefficient (Wildman–Crippen LogP) is 2.60. The molecule has 6 heteroatoms. The Morgan fingerprint density at radius 2 is 1.90 bits per heavy atom. The van der Waals surface area contributed by atoms with Crippen LogP contribution in [0.15, 0.2) is 5.38 Å². The third kappa shape index (κ3) is 3.32. The normalized spacial score (nSPS) is 24.9. The number of hydrogen-bond acceptors (Lipinski definition) is 5. The smallest absolute Gasteiger partial charge is 0.150 e. The molecule has 2 heterocycles. The minimum absolute atomic E-state index is 0.0380. The summed E-state index contributed by atoms with van der Waals surface area (Å²) in [4.78, 5) is 4.87. The van der Waals surface area contributed by atoms with Gasteiger partial charge in [-0.2, -0.15) is 0 Å². The van der Waals surface area contributed by atoms with E-state index in [2.05, 4.69) is 31.5 Å². The number of rotatable bonds is 3. The molecule has 0 spiro atoms. The lowest BCUT2D eigenvalue weighted by Gasteiger charge is -2.36. The second-order valence-corrected chi connectivity index (χ2v) is 10.6. The molecule has 0 amide bonds. The van der Waals surface area contributed by atoms with Gasteiger partial charge in [-0.1, -0.05) is 20.8 Å². The van der Waals surface area contributed by atoms with Gasteiger partial charge in [-0.3, -0.25) is 0 Å². The van der Waals surface area contributed by atoms with Gasteiger partial charge in [0.25, 0.3) is 0 Å². The molecule has 1 saturated carbocycles. The van der Waals surface area contributed by atoms with Crippen LogP contribution in [0.5, 0.6) is 0 Å². The molecule has 0 unspecified atom stereocenters. The first-order chi connectivity index (χ1) is 9.70. The lowest BCUT2D eigenvalue weighted by atomic mass is 9.91. The number of sulfone groups is 1. The molecule has 1 N–H and O–H groups in total. The quantitative estimate of drug-likeness (QED) is 0.926. The maximum absolute atomic E-state index is 11.8. The molecular formula is C15H24N2O2S2. The van der Waals surface area contributed by atoms with Gasteiger partial charge in [0.1, 0.15) is 14.8 Å². The summed E-state index contributed by atoms with van der Waals surface area (Å²) < 4.78 is 23.6. The van der Waals surface area contributed by atoms with Gasteiger partial charge in [-0.05, 0) is 25.7 Å². The Balaban J connectivity index is 1.90. The van der Waals surface area contributed by atoms with E-state index in [1.807, 2.05) is 0 Å². The van der Waals surface area contributed by atoms with E-state index in [1.54, 1.807) is 11.3 Å². The zero-order valence-corrected chi connectivity index (χ0v) is 14.6.